The summed E-state index contributed by atoms with van der Waals surface area (Å²) in [6.45, 7) is 0.360. The molecule has 0 saturated carbocycles. The first kappa shape index (κ1) is 54.7. The number of nitrogens with two attached hydrogens (primary N) is 1. The summed E-state index contributed by atoms with van der Waals surface area (Å²) in [6.07, 6.45) is -2.20. The minimum Gasteiger partial charge on any atom is -0.479 e. The Kier molecular flexibility index (Phi) is 25.5. The molecule has 19 heteroatoms. The molecule has 4 aromatic rings. The summed E-state index contributed by atoms with van der Waals surface area (Å²) in [6, 6.07) is 29.3. The number of rotatable bonds is 20. The van der Waals surface area contributed by atoms with Gasteiger partial charge in [0.2, 0.25) is 0 Å². The van der Waals surface area contributed by atoms with Crippen molar-refractivity contribution in [1.82, 2.24) is 5.32 Å². The largest absolute Gasteiger partial charge is 0.479 e. The van der Waals surface area contributed by atoms with Crippen molar-refractivity contribution in [3.8, 4) is 22.3 Å². The Hall–Kier alpha value is -5.43. The third-order valence-corrected chi connectivity index (χ3v) is 9.34. The molecule has 0 aliphatic carbocycles. The van der Waals surface area contributed by atoms with Gasteiger partial charge < -0.3 is 50.1 Å². The number of amides is 1. The molecule has 0 aliphatic heterocycles. The standard InChI is InChI=1S/C22H24ClNO7.C18H20ClNO3.C5H7ClO4/c1-30-9-10-31-22(29)20(26)24-18(13-19(25)21(27)28)11-14-5-7-15(8-6-14)16-3-2-4-17(23)12-16;1-23-18(22)17(21)11-16(20)9-12-5-7-13(8-6-12)14-3-2-4-15(19)10-14;1-9-2-3-10-5(8)4(6)7/h2-8,12,18-19,25H,9-11,13H2,1H3,(H,24,26)(H,27,28);2-8,10,16-17,21H,9,11,20H2,1H3;2-3H2,1H3/t18-,19-;16-,17-;/m11./s1. The average molecular weight is 950 g/mol. The third kappa shape index (κ3) is 21.3. The van der Waals surface area contributed by atoms with E-state index in [-0.39, 0.29) is 51.7 Å². The van der Waals surface area contributed by atoms with Crippen LogP contribution in [0.5, 0.6) is 0 Å². The molecule has 0 radical (unpaired) electrons. The highest BCUT2D eigenvalue weighted by Gasteiger charge is 2.25. The number of halogens is 3. The smallest absolute Gasteiger partial charge is 0.396 e. The Bertz CT molecular complexity index is 2110. The molecule has 0 bridgehead atoms. The molecule has 0 spiro atoms. The zero-order valence-electron chi connectivity index (χ0n) is 35.2. The lowest BCUT2D eigenvalue weighted by Gasteiger charge is -2.20. The Labute approximate surface area is 385 Å². The fourth-order valence-corrected chi connectivity index (χ4v) is 5.99. The summed E-state index contributed by atoms with van der Waals surface area (Å²) in [4.78, 5) is 66.3. The Morgan fingerprint density at radius 1 is 0.625 bits per heavy atom. The van der Waals surface area contributed by atoms with Crippen LogP contribution in [0.4, 0.5) is 0 Å². The summed E-state index contributed by atoms with van der Waals surface area (Å²) >= 11 is 16.8. The van der Waals surface area contributed by atoms with Crippen molar-refractivity contribution in [3.05, 3.63) is 118 Å². The number of aliphatic hydroxyl groups is 2. The van der Waals surface area contributed by atoms with E-state index in [1.807, 2.05) is 91.0 Å². The second-order valence-electron chi connectivity index (χ2n) is 13.6. The fraction of sp³-hybridized carbons (Fsp3) is 0.333. The quantitative estimate of drug-likeness (QED) is 0.0263. The normalized spacial score (nSPS) is 12.3. The lowest BCUT2D eigenvalue weighted by molar-refractivity contribution is -0.156. The summed E-state index contributed by atoms with van der Waals surface area (Å²) in [5.41, 5.74) is 11.8. The molecule has 6 N–H and O–H groups in total. The second kappa shape index (κ2) is 29.8. The number of aliphatic carboxylic acids is 1. The maximum Gasteiger partial charge on any atom is 0.396 e. The van der Waals surface area contributed by atoms with Crippen molar-refractivity contribution in [2.45, 2.75) is 50.0 Å². The van der Waals surface area contributed by atoms with E-state index in [2.05, 4.69) is 19.5 Å². The van der Waals surface area contributed by atoms with Crippen molar-refractivity contribution < 1.29 is 67.8 Å². The van der Waals surface area contributed by atoms with Crippen molar-refractivity contribution in [2.75, 3.05) is 47.8 Å². The van der Waals surface area contributed by atoms with Gasteiger partial charge in [-0.2, -0.15) is 0 Å². The van der Waals surface area contributed by atoms with Gasteiger partial charge in [-0.1, -0.05) is 96.0 Å². The van der Waals surface area contributed by atoms with Gasteiger partial charge in [-0.3, -0.25) is 9.59 Å². The highest BCUT2D eigenvalue weighted by molar-refractivity contribution is 6.80. The highest BCUT2D eigenvalue weighted by atomic mass is 35.5. The molecule has 64 heavy (non-hydrogen) atoms. The number of aliphatic hydroxyl groups excluding tert-OH is 2. The molecule has 4 atom stereocenters. The van der Waals surface area contributed by atoms with Crippen LogP contribution in [0.2, 0.25) is 10.0 Å². The van der Waals surface area contributed by atoms with Crippen molar-refractivity contribution in [1.29, 1.82) is 0 Å². The molecule has 0 aliphatic rings. The first-order valence-electron chi connectivity index (χ1n) is 19.4. The predicted octanol–water partition coefficient (Wildman–Crippen LogP) is 4.80. The summed E-state index contributed by atoms with van der Waals surface area (Å²) in [5.74, 6) is -5.24. The fourth-order valence-electron chi connectivity index (χ4n) is 5.56. The van der Waals surface area contributed by atoms with Gasteiger partial charge in [0, 0.05) is 42.8 Å². The first-order valence-corrected chi connectivity index (χ1v) is 20.5. The third-order valence-electron chi connectivity index (χ3n) is 8.72. The minimum atomic E-state index is -1.69. The van der Waals surface area contributed by atoms with Crippen LogP contribution in [0.3, 0.4) is 0 Å². The van der Waals surface area contributed by atoms with Gasteiger partial charge in [0.25, 0.3) is 0 Å². The summed E-state index contributed by atoms with van der Waals surface area (Å²) < 4.78 is 22.8. The maximum absolute atomic E-state index is 12.1. The number of benzene rings is 4. The lowest BCUT2D eigenvalue weighted by atomic mass is 9.98. The molecule has 4 rings (SSSR count). The zero-order chi connectivity index (χ0) is 47.6. The summed E-state index contributed by atoms with van der Waals surface area (Å²) in [7, 11) is 4.12. The van der Waals surface area contributed by atoms with Crippen LogP contribution >= 0.6 is 34.8 Å². The maximum atomic E-state index is 12.1. The highest BCUT2D eigenvalue weighted by Crippen LogP contribution is 2.25. The number of methoxy groups -OCH3 is 3. The van der Waals surface area contributed by atoms with E-state index >= 15 is 0 Å². The van der Waals surface area contributed by atoms with Gasteiger partial charge in [0.1, 0.15) is 13.2 Å². The van der Waals surface area contributed by atoms with E-state index < -0.39 is 53.3 Å². The molecule has 0 unspecified atom stereocenters. The Balaban J connectivity index is 0.000000373. The van der Waals surface area contributed by atoms with Gasteiger partial charge in [0.05, 0.1) is 20.3 Å². The monoisotopic (exact) mass is 948 g/mol. The second-order valence-corrected chi connectivity index (χ2v) is 14.9. The van der Waals surface area contributed by atoms with Gasteiger partial charge in [-0.05, 0) is 88.5 Å². The van der Waals surface area contributed by atoms with E-state index in [9.17, 15) is 39.0 Å². The number of nitrogens with one attached hydrogen (secondary N) is 1. The molecule has 4 aromatic carbocycles. The van der Waals surface area contributed by atoms with Crippen LogP contribution in [-0.4, -0.2) is 122 Å². The molecular formula is C45H51Cl3N2O14. The Morgan fingerprint density at radius 3 is 1.52 bits per heavy atom. The van der Waals surface area contributed by atoms with Crippen LogP contribution in [0.1, 0.15) is 24.0 Å². The summed E-state index contributed by atoms with van der Waals surface area (Å²) in [5, 5.41) is 31.0. The number of carbonyl (C=O) groups excluding carboxylic acids is 5. The molecule has 1 amide bonds. The average Bonchev–Trinajstić information content (AvgIpc) is 3.27. The van der Waals surface area contributed by atoms with Crippen LogP contribution < -0.4 is 11.1 Å². The van der Waals surface area contributed by atoms with Crippen LogP contribution in [0.15, 0.2) is 97.1 Å². The molecular weight excluding hydrogens is 899 g/mol. The van der Waals surface area contributed by atoms with Crippen molar-refractivity contribution in [3.63, 3.8) is 0 Å². The first-order chi connectivity index (χ1) is 30.5. The number of esters is 3. The molecule has 346 valence electrons. The molecule has 0 saturated heterocycles. The minimum absolute atomic E-state index is 0.0494. The van der Waals surface area contributed by atoms with Crippen molar-refractivity contribution >= 4 is 69.8 Å². The van der Waals surface area contributed by atoms with E-state index in [0.717, 1.165) is 33.4 Å². The number of carboxylic acids is 1. The number of hydrogen-bond donors (Lipinski definition) is 5. The van der Waals surface area contributed by atoms with E-state index in [1.165, 1.54) is 21.3 Å². The van der Waals surface area contributed by atoms with Gasteiger partial charge >= 0.3 is 35.0 Å². The SMILES string of the molecule is COC(=O)[C@H](O)C[C@H](N)Cc1ccc(-c2cccc(Cl)c2)cc1.COCCOC(=O)C(=O)Cl.COCCOC(=O)C(=O)N[C@H](Cc1ccc(-c2cccc(Cl)c2)cc1)C[C@@H](O)C(=O)O. The molecule has 16 nitrogen and oxygen atoms in total. The predicted molar refractivity (Wildman–Crippen MR) is 239 cm³/mol. The van der Waals surface area contributed by atoms with Crippen LogP contribution in [0, 0.1) is 0 Å². The number of hydrogen-bond acceptors (Lipinski definition) is 14. The molecule has 0 aromatic heterocycles. The van der Waals surface area contributed by atoms with E-state index in [0.29, 0.717) is 16.5 Å². The van der Waals surface area contributed by atoms with E-state index in [4.69, 9.17) is 55.1 Å². The molecule has 0 heterocycles. The van der Waals surface area contributed by atoms with Gasteiger partial charge in [-0.25, -0.2) is 19.2 Å². The topological polar surface area (TPSA) is 247 Å². The van der Waals surface area contributed by atoms with Crippen molar-refractivity contribution in [2.24, 2.45) is 5.73 Å². The lowest BCUT2D eigenvalue weighted by Crippen LogP contribution is -2.44. The Morgan fingerprint density at radius 2 is 1.09 bits per heavy atom. The molecule has 0 fully saturated rings. The number of carbonyl (C=O) groups is 6. The zero-order valence-corrected chi connectivity index (χ0v) is 37.5. The number of carboxylic acid groups (broad SMARTS) is 1. The number of ether oxygens (including phenoxy) is 5. The van der Waals surface area contributed by atoms with Crippen LogP contribution in [0.25, 0.3) is 22.3 Å². The van der Waals surface area contributed by atoms with Gasteiger partial charge in [-0.15, -0.1) is 0 Å². The van der Waals surface area contributed by atoms with Gasteiger partial charge in [0.15, 0.2) is 12.2 Å². The van der Waals surface area contributed by atoms with Crippen LogP contribution in [-0.2, 0) is 65.3 Å². The van der Waals surface area contributed by atoms with E-state index in [1.54, 1.807) is 6.07 Å².